The molecule has 0 radical (unpaired) electrons. The van der Waals surface area contributed by atoms with Crippen LogP contribution in [-0.2, 0) is 6.42 Å². The van der Waals surface area contributed by atoms with E-state index in [9.17, 15) is 0 Å². The van der Waals surface area contributed by atoms with E-state index in [0.29, 0.717) is 0 Å². The fourth-order valence-corrected chi connectivity index (χ4v) is 3.34. The first-order chi connectivity index (χ1) is 9.72. The van der Waals surface area contributed by atoms with Crippen molar-refractivity contribution in [2.75, 3.05) is 25.5 Å². The second-order valence-electron chi connectivity index (χ2n) is 6.16. The van der Waals surface area contributed by atoms with Crippen LogP contribution in [0.2, 0.25) is 0 Å². The highest BCUT2D eigenvalue weighted by Gasteiger charge is 2.17. The maximum absolute atomic E-state index is 3.66. The summed E-state index contributed by atoms with van der Waals surface area (Å²) in [5.74, 6) is 0. The first-order valence-electron chi connectivity index (χ1n) is 8.25. The van der Waals surface area contributed by atoms with E-state index in [4.69, 9.17) is 0 Å². The van der Waals surface area contributed by atoms with Crippen molar-refractivity contribution in [2.45, 2.75) is 58.4 Å². The molecule has 1 saturated carbocycles. The van der Waals surface area contributed by atoms with E-state index in [1.807, 2.05) is 0 Å². The lowest BCUT2D eigenvalue weighted by molar-refractivity contribution is 0.198. The van der Waals surface area contributed by atoms with E-state index in [1.54, 1.807) is 0 Å². The Labute approximate surface area is 124 Å². The van der Waals surface area contributed by atoms with Crippen LogP contribution < -0.4 is 5.32 Å². The summed E-state index contributed by atoms with van der Waals surface area (Å²) in [4.78, 5) is 2.55. The maximum Gasteiger partial charge on any atom is 0.0402 e. The van der Waals surface area contributed by atoms with Gasteiger partial charge in [-0.3, -0.25) is 0 Å². The molecule has 0 atom stereocenters. The zero-order chi connectivity index (χ0) is 14.4. The fraction of sp³-hybridized carbons (Fsp3) is 0.667. The van der Waals surface area contributed by atoms with Crippen molar-refractivity contribution in [1.82, 2.24) is 4.90 Å². The van der Waals surface area contributed by atoms with Crippen LogP contribution in [-0.4, -0.2) is 31.1 Å². The number of nitrogens with one attached hydrogen (secondary N) is 1. The standard InChI is InChI=1S/C18H30N2/c1-4-16-10-8-9-15(2)18(16)19-13-14-20(3)17-11-6-5-7-12-17/h8-10,17,19H,4-7,11-14H2,1-3H3. The Morgan fingerprint density at radius 1 is 1.20 bits per heavy atom. The van der Waals surface area contributed by atoms with Crippen LogP contribution in [0.3, 0.4) is 0 Å². The summed E-state index contributed by atoms with van der Waals surface area (Å²) in [5, 5.41) is 3.66. The molecule has 2 rings (SSSR count). The van der Waals surface area contributed by atoms with Crippen molar-refractivity contribution < 1.29 is 0 Å². The van der Waals surface area contributed by atoms with Crippen molar-refractivity contribution >= 4 is 5.69 Å². The van der Waals surface area contributed by atoms with Gasteiger partial charge in [-0.05, 0) is 44.4 Å². The predicted molar refractivity (Wildman–Crippen MR) is 88.5 cm³/mol. The van der Waals surface area contributed by atoms with Gasteiger partial charge in [0.2, 0.25) is 0 Å². The van der Waals surface area contributed by atoms with Crippen LogP contribution in [0.15, 0.2) is 18.2 Å². The third kappa shape index (κ3) is 3.99. The van der Waals surface area contributed by atoms with Crippen LogP contribution >= 0.6 is 0 Å². The van der Waals surface area contributed by atoms with Gasteiger partial charge in [-0.25, -0.2) is 0 Å². The number of nitrogens with zero attached hydrogens (tertiary/aromatic N) is 1. The van der Waals surface area contributed by atoms with Gasteiger partial charge in [-0.15, -0.1) is 0 Å². The number of anilines is 1. The quantitative estimate of drug-likeness (QED) is 0.835. The van der Waals surface area contributed by atoms with Crippen LogP contribution in [0.1, 0.15) is 50.2 Å². The van der Waals surface area contributed by atoms with Gasteiger partial charge in [0.1, 0.15) is 0 Å². The SMILES string of the molecule is CCc1cccc(C)c1NCCN(C)C1CCCCC1. The minimum absolute atomic E-state index is 0.813. The summed E-state index contributed by atoms with van der Waals surface area (Å²) in [5.41, 5.74) is 4.15. The van der Waals surface area contributed by atoms with Crippen molar-refractivity contribution in [1.29, 1.82) is 0 Å². The average Bonchev–Trinajstić information content (AvgIpc) is 2.49. The molecule has 1 N–H and O–H groups in total. The van der Waals surface area contributed by atoms with E-state index in [-0.39, 0.29) is 0 Å². The minimum Gasteiger partial charge on any atom is -0.383 e. The van der Waals surface area contributed by atoms with Gasteiger partial charge in [0, 0.05) is 24.8 Å². The van der Waals surface area contributed by atoms with Crippen LogP contribution in [0, 0.1) is 6.92 Å². The number of rotatable bonds is 6. The van der Waals surface area contributed by atoms with E-state index in [1.165, 1.54) is 48.9 Å². The molecule has 1 aromatic rings. The van der Waals surface area contributed by atoms with Gasteiger partial charge in [0.05, 0.1) is 0 Å². The first-order valence-corrected chi connectivity index (χ1v) is 8.25. The number of benzene rings is 1. The first kappa shape index (κ1) is 15.4. The summed E-state index contributed by atoms with van der Waals surface area (Å²) in [6.07, 6.45) is 8.15. The molecule has 1 aliphatic carbocycles. The van der Waals surface area contributed by atoms with Gasteiger partial charge >= 0.3 is 0 Å². The molecule has 1 aromatic carbocycles. The summed E-state index contributed by atoms with van der Waals surface area (Å²) in [7, 11) is 2.29. The normalized spacial score (nSPS) is 16.6. The summed E-state index contributed by atoms with van der Waals surface area (Å²) in [6, 6.07) is 7.41. The van der Waals surface area contributed by atoms with Crippen molar-refractivity contribution in [2.24, 2.45) is 0 Å². The lowest BCUT2D eigenvalue weighted by Gasteiger charge is -2.31. The number of hydrogen-bond acceptors (Lipinski definition) is 2. The molecule has 0 aliphatic heterocycles. The van der Waals surface area contributed by atoms with Crippen LogP contribution in [0.25, 0.3) is 0 Å². The molecule has 2 heteroatoms. The molecule has 0 bridgehead atoms. The summed E-state index contributed by atoms with van der Waals surface area (Å²) < 4.78 is 0. The van der Waals surface area contributed by atoms with Crippen molar-refractivity contribution in [3.05, 3.63) is 29.3 Å². The highest BCUT2D eigenvalue weighted by molar-refractivity contribution is 5.57. The Balaban J connectivity index is 1.83. The van der Waals surface area contributed by atoms with Gasteiger partial charge in [-0.2, -0.15) is 0 Å². The molecule has 0 saturated heterocycles. The molecular formula is C18H30N2. The second kappa shape index (κ2) is 7.68. The smallest absolute Gasteiger partial charge is 0.0402 e. The van der Waals surface area contributed by atoms with E-state index >= 15 is 0 Å². The largest absolute Gasteiger partial charge is 0.383 e. The highest BCUT2D eigenvalue weighted by atomic mass is 15.1. The second-order valence-corrected chi connectivity index (χ2v) is 6.16. The molecule has 0 heterocycles. The predicted octanol–water partition coefficient (Wildman–Crippen LogP) is 4.23. The fourth-order valence-electron chi connectivity index (χ4n) is 3.34. The maximum atomic E-state index is 3.66. The molecular weight excluding hydrogens is 244 g/mol. The topological polar surface area (TPSA) is 15.3 Å². The molecule has 0 spiro atoms. The number of para-hydroxylation sites is 1. The molecule has 1 aliphatic rings. The third-order valence-electron chi connectivity index (χ3n) is 4.70. The van der Waals surface area contributed by atoms with Gasteiger partial charge in [0.15, 0.2) is 0 Å². The zero-order valence-electron chi connectivity index (χ0n) is 13.4. The lowest BCUT2D eigenvalue weighted by atomic mass is 9.94. The Bertz CT molecular complexity index is 408. The van der Waals surface area contributed by atoms with E-state index < -0.39 is 0 Å². The monoisotopic (exact) mass is 274 g/mol. The number of hydrogen-bond donors (Lipinski definition) is 1. The summed E-state index contributed by atoms with van der Waals surface area (Å²) >= 11 is 0. The van der Waals surface area contributed by atoms with E-state index in [0.717, 1.165) is 25.6 Å². The molecule has 0 unspecified atom stereocenters. The third-order valence-corrected chi connectivity index (χ3v) is 4.70. The van der Waals surface area contributed by atoms with Gasteiger partial charge in [0.25, 0.3) is 0 Å². The molecule has 1 fully saturated rings. The Morgan fingerprint density at radius 3 is 2.65 bits per heavy atom. The Morgan fingerprint density at radius 2 is 1.95 bits per heavy atom. The number of aryl methyl sites for hydroxylation is 2. The molecule has 2 nitrogen and oxygen atoms in total. The summed E-state index contributed by atoms with van der Waals surface area (Å²) in [6.45, 7) is 6.62. The van der Waals surface area contributed by atoms with Gasteiger partial charge < -0.3 is 10.2 Å². The van der Waals surface area contributed by atoms with Crippen molar-refractivity contribution in [3.63, 3.8) is 0 Å². The van der Waals surface area contributed by atoms with Crippen LogP contribution in [0.4, 0.5) is 5.69 Å². The van der Waals surface area contributed by atoms with Crippen LogP contribution in [0.5, 0.6) is 0 Å². The Hall–Kier alpha value is -1.02. The average molecular weight is 274 g/mol. The lowest BCUT2D eigenvalue weighted by Crippen LogP contribution is -2.36. The molecule has 20 heavy (non-hydrogen) atoms. The highest BCUT2D eigenvalue weighted by Crippen LogP contribution is 2.22. The molecule has 0 aromatic heterocycles. The van der Waals surface area contributed by atoms with Crippen molar-refractivity contribution in [3.8, 4) is 0 Å². The molecule has 0 amide bonds. The van der Waals surface area contributed by atoms with E-state index in [2.05, 4.69) is 49.3 Å². The Kier molecular flexibility index (Phi) is 5.90. The molecule has 112 valence electrons. The number of likely N-dealkylation sites (N-methyl/N-ethyl adjacent to an activating group) is 1. The van der Waals surface area contributed by atoms with Gasteiger partial charge in [-0.1, -0.05) is 44.4 Å². The zero-order valence-corrected chi connectivity index (χ0v) is 13.4. The minimum atomic E-state index is 0.813.